The minimum absolute atomic E-state index is 0.0740. The van der Waals surface area contributed by atoms with Gasteiger partial charge in [-0.05, 0) is 18.9 Å². The first-order valence-electron chi connectivity index (χ1n) is 6.12. The highest BCUT2D eigenvalue weighted by molar-refractivity contribution is 6.30. The Hall–Kier alpha value is -0.680. The molecule has 1 fully saturated rings. The Bertz CT molecular complexity index is 397. The van der Waals surface area contributed by atoms with Gasteiger partial charge in [-0.2, -0.15) is 0 Å². The summed E-state index contributed by atoms with van der Waals surface area (Å²) in [5, 5.41) is 12.6. The van der Waals surface area contributed by atoms with Crippen LogP contribution < -0.4 is 5.32 Å². The van der Waals surface area contributed by atoms with Crippen LogP contribution in [0.3, 0.4) is 0 Å². The zero-order chi connectivity index (χ0) is 13.0. The zero-order valence-electron chi connectivity index (χ0n) is 10.0. The van der Waals surface area contributed by atoms with Gasteiger partial charge in [0.15, 0.2) is 0 Å². The number of aliphatic hydroxyl groups is 1. The molecular formula is C13H17ClFNO2. The van der Waals surface area contributed by atoms with Crippen LogP contribution in [-0.4, -0.2) is 31.0 Å². The Labute approximate surface area is 111 Å². The van der Waals surface area contributed by atoms with E-state index in [4.69, 9.17) is 16.3 Å². The fourth-order valence-electron chi connectivity index (χ4n) is 2.14. The van der Waals surface area contributed by atoms with Gasteiger partial charge in [-0.3, -0.25) is 0 Å². The van der Waals surface area contributed by atoms with E-state index in [0.717, 1.165) is 19.4 Å². The van der Waals surface area contributed by atoms with Crippen molar-refractivity contribution < 1.29 is 14.2 Å². The Morgan fingerprint density at radius 1 is 1.56 bits per heavy atom. The highest BCUT2D eigenvalue weighted by Gasteiger charge is 2.20. The number of halogens is 2. The standard InChI is InChI=1S/C13H17ClFNO2/c14-11-5-1-4-10(13(11)15)12(8-17)16-7-9-3-2-6-18-9/h1,4-5,9,12,16-17H,2-3,6-8H2. The Balaban J connectivity index is 2.00. The van der Waals surface area contributed by atoms with Crippen LogP contribution in [0.1, 0.15) is 24.4 Å². The third-order valence-electron chi connectivity index (χ3n) is 3.16. The van der Waals surface area contributed by atoms with Gasteiger partial charge in [0, 0.05) is 18.7 Å². The van der Waals surface area contributed by atoms with Gasteiger partial charge in [-0.15, -0.1) is 0 Å². The summed E-state index contributed by atoms with van der Waals surface area (Å²) in [6, 6.07) is 4.35. The molecule has 1 saturated heterocycles. The van der Waals surface area contributed by atoms with Crippen molar-refractivity contribution in [3.8, 4) is 0 Å². The molecule has 0 aliphatic carbocycles. The summed E-state index contributed by atoms with van der Waals surface area (Å²) in [4.78, 5) is 0. The first kappa shape index (κ1) is 13.7. The monoisotopic (exact) mass is 273 g/mol. The lowest BCUT2D eigenvalue weighted by molar-refractivity contribution is 0.103. The lowest BCUT2D eigenvalue weighted by Crippen LogP contribution is -2.32. The summed E-state index contributed by atoms with van der Waals surface area (Å²) < 4.78 is 19.3. The van der Waals surface area contributed by atoms with E-state index in [2.05, 4.69) is 5.32 Å². The molecule has 3 nitrogen and oxygen atoms in total. The Morgan fingerprint density at radius 2 is 2.39 bits per heavy atom. The minimum Gasteiger partial charge on any atom is -0.394 e. The summed E-state index contributed by atoms with van der Waals surface area (Å²) in [5.74, 6) is -0.474. The maximum atomic E-state index is 13.8. The average Bonchev–Trinajstić information content (AvgIpc) is 2.88. The number of nitrogens with one attached hydrogen (secondary N) is 1. The number of hydrogen-bond donors (Lipinski definition) is 2. The zero-order valence-corrected chi connectivity index (χ0v) is 10.8. The fraction of sp³-hybridized carbons (Fsp3) is 0.538. The minimum atomic E-state index is -0.474. The van der Waals surface area contributed by atoms with Gasteiger partial charge in [-0.1, -0.05) is 23.7 Å². The van der Waals surface area contributed by atoms with Crippen molar-refractivity contribution in [2.24, 2.45) is 0 Å². The van der Waals surface area contributed by atoms with E-state index in [1.54, 1.807) is 12.1 Å². The van der Waals surface area contributed by atoms with Gasteiger partial charge in [0.1, 0.15) is 5.82 Å². The maximum absolute atomic E-state index is 13.8. The van der Waals surface area contributed by atoms with Crippen molar-refractivity contribution in [3.63, 3.8) is 0 Å². The molecule has 0 bridgehead atoms. The van der Waals surface area contributed by atoms with Crippen LogP contribution in [-0.2, 0) is 4.74 Å². The van der Waals surface area contributed by atoms with Crippen LogP contribution in [0.2, 0.25) is 5.02 Å². The van der Waals surface area contributed by atoms with Crippen molar-refractivity contribution in [2.75, 3.05) is 19.8 Å². The second-order valence-corrected chi connectivity index (χ2v) is 4.83. The molecule has 1 aromatic carbocycles. The quantitative estimate of drug-likeness (QED) is 0.865. The molecule has 18 heavy (non-hydrogen) atoms. The molecule has 2 rings (SSSR count). The summed E-state index contributed by atoms with van der Waals surface area (Å²) in [7, 11) is 0. The first-order chi connectivity index (χ1) is 8.72. The van der Waals surface area contributed by atoms with Gasteiger partial charge in [0.2, 0.25) is 0 Å². The van der Waals surface area contributed by atoms with E-state index in [1.165, 1.54) is 6.07 Å². The first-order valence-corrected chi connectivity index (χ1v) is 6.50. The van der Waals surface area contributed by atoms with E-state index < -0.39 is 11.9 Å². The molecule has 0 saturated carbocycles. The molecule has 0 amide bonds. The van der Waals surface area contributed by atoms with Crippen molar-refractivity contribution >= 4 is 11.6 Å². The predicted octanol–water partition coefficient (Wildman–Crippen LogP) is 2.28. The third-order valence-corrected chi connectivity index (χ3v) is 3.45. The molecule has 0 aromatic heterocycles. The number of ether oxygens (including phenoxy) is 1. The average molecular weight is 274 g/mol. The van der Waals surface area contributed by atoms with E-state index in [1.807, 2.05) is 0 Å². The largest absolute Gasteiger partial charge is 0.394 e. The number of hydrogen-bond acceptors (Lipinski definition) is 3. The lowest BCUT2D eigenvalue weighted by Gasteiger charge is -2.20. The van der Waals surface area contributed by atoms with Crippen LogP contribution in [0.5, 0.6) is 0 Å². The fourth-order valence-corrected chi connectivity index (χ4v) is 2.32. The Morgan fingerprint density at radius 3 is 3.06 bits per heavy atom. The normalized spacial score (nSPS) is 21.2. The molecule has 100 valence electrons. The summed E-state index contributed by atoms with van der Waals surface area (Å²) in [5.41, 5.74) is 0.392. The highest BCUT2D eigenvalue weighted by Crippen LogP contribution is 2.23. The SMILES string of the molecule is OCC(NCC1CCCO1)c1cccc(Cl)c1F. The molecule has 1 heterocycles. The van der Waals surface area contributed by atoms with Gasteiger partial charge >= 0.3 is 0 Å². The second-order valence-electron chi connectivity index (χ2n) is 4.42. The molecule has 1 aromatic rings. The molecule has 2 atom stereocenters. The molecule has 5 heteroatoms. The van der Waals surface area contributed by atoms with E-state index in [9.17, 15) is 9.50 Å². The van der Waals surface area contributed by atoms with Crippen molar-refractivity contribution in [1.29, 1.82) is 0 Å². The smallest absolute Gasteiger partial charge is 0.146 e. The van der Waals surface area contributed by atoms with Crippen LogP contribution in [0, 0.1) is 5.82 Å². The van der Waals surface area contributed by atoms with Crippen LogP contribution >= 0.6 is 11.6 Å². The van der Waals surface area contributed by atoms with Crippen molar-refractivity contribution in [2.45, 2.75) is 25.0 Å². The predicted molar refractivity (Wildman–Crippen MR) is 68.2 cm³/mol. The summed E-state index contributed by atoms with van der Waals surface area (Å²) >= 11 is 5.73. The van der Waals surface area contributed by atoms with Gasteiger partial charge in [0.25, 0.3) is 0 Å². The second kappa shape index (κ2) is 6.48. The van der Waals surface area contributed by atoms with Gasteiger partial charge < -0.3 is 15.2 Å². The van der Waals surface area contributed by atoms with Crippen LogP contribution in [0.25, 0.3) is 0 Å². The van der Waals surface area contributed by atoms with Crippen LogP contribution in [0.4, 0.5) is 4.39 Å². The van der Waals surface area contributed by atoms with Crippen molar-refractivity contribution in [1.82, 2.24) is 5.32 Å². The van der Waals surface area contributed by atoms with E-state index in [0.29, 0.717) is 12.1 Å². The number of benzene rings is 1. The molecular weight excluding hydrogens is 257 g/mol. The highest BCUT2D eigenvalue weighted by atomic mass is 35.5. The molecule has 2 unspecified atom stereocenters. The van der Waals surface area contributed by atoms with Crippen LogP contribution in [0.15, 0.2) is 18.2 Å². The summed E-state index contributed by atoms with van der Waals surface area (Å²) in [6.45, 7) is 1.21. The topological polar surface area (TPSA) is 41.5 Å². The number of aliphatic hydroxyl groups excluding tert-OH is 1. The van der Waals surface area contributed by atoms with Crippen molar-refractivity contribution in [3.05, 3.63) is 34.6 Å². The molecule has 2 N–H and O–H groups in total. The summed E-state index contributed by atoms with van der Waals surface area (Å²) in [6.07, 6.45) is 2.21. The van der Waals surface area contributed by atoms with E-state index in [-0.39, 0.29) is 17.7 Å². The van der Waals surface area contributed by atoms with Gasteiger partial charge in [0.05, 0.1) is 23.8 Å². The molecule has 0 radical (unpaired) electrons. The third kappa shape index (κ3) is 3.20. The molecule has 1 aliphatic rings. The Kier molecular flexibility index (Phi) is 4.95. The molecule has 0 spiro atoms. The lowest BCUT2D eigenvalue weighted by atomic mass is 10.1. The number of rotatable bonds is 5. The van der Waals surface area contributed by atoms with E-state index >= 15 is 0 Å². The van der Waals surface area contributed by atoms with Gasteiger partial charge in [-0.25, -0.2) is 4.39 Å². The maximum Gasteiger partial charge on any atom is 0.146 e. The molecule has 1 aliphatic heterocycles.